The van der Waals surface area contributed by atoms with Crippen LogP contribution >= 0.6 is 11.6 Å². The Morgan fingerprint density at radius 3 is 2.68 bits per heavy atom. The minimum absolute atomic E-state index is 0.201. The largest absolute Gasteiger partial charge is 0.399 e. The third kappa shape index (κ3) is 3.26. The zero-order chi connectivity index (χ0) is 13.8. The second-order valence-electron chi connectivity index (χ2n) is 4.35. The molecule has 0 bridgehead atoms. The number of hydrogen-bond donors (Lipinski definition) is 2. The summed E-state index contributed by atoms with van der Waals surface area (Å²) in [5.74, 6) is -0.201. The van der Waals surface area contributed by atoms with Gasteiger partial charge >= 0.3 is 0 Å². The van der Waals surface area contributed by atoms with Crippen molar-refractivity contribution in [2.45, 2.75) is 13.5 Å². The van der Waals surface area contributed by atoms with E-state index < -0.39 is 0 Å². The average molecular weight is 275 g/mol. The van der Waals surface area contributed by atoms with Crippen LogP contribution in [0.15, 0.2) is 42.5 Å². The molecule has 0 aromatic heterocycles. The minimum Gasteiger partial charge on any atom is -0.399 e. The van der Waals surface area contributed by atoms with Crippen LogP contribution in [0.25, 0.3) is 0 Å². The van der Waals surface area contributed by atoms with Crippen LogP contribution < -0.4 is 11.1 Å². The molecule has 0 radical (unpaired) electrons. The van der Waals surface area contributed by atoms with Gasteiger partial charge in [-0.3, -0.25) is 4.79 Å². The number of carbonyl (C=O) groups is 1. The van der Waals surface area contributed by atoms with Crippen molar-refractivity contribution < 1.29 is 4.79 Å². The van der Waals surface area contributed by atoms with Gasteiger partial charge in [0.25, 0.3) is 5.91 Å². The van der Waals surface area contributed by atoms with Gasteiger partial charge in [0.15, 0.2) is 0 Å². The Morgan fingerprint density at radius 1 is 1.26 bits per heavy atom. The number of aryl methyl sites for hydroxylation is 1. The average Bonchev–Trinajstić information content (AvgIpc) is 2.37. The standard InChI is InChI=1S/C15H15ClN2O/c1-10-4-2-3-5-11(10)9-18-15(19)13-7-6-12(17)8-14(13)16/h2-8H,9,17H2,1H3,(H,18,19). The molecule has 0 saturated carbocycles. The molecule has 0 unspecified atom stereocenters. The molecular formula is C15H15ClN2O. The van der Waals surface area contributed by atoms with Gasteiger partial charge < -0.3 is 11.1 Å². The minimum atomic E-state index is -0.201. The number of halogens is 1. The van der Waals surface area contributed by atoms with Crippen LogP contribution in [0.1, 0.15) is 21.5 Å². The second kappa shape index (κ2) is 5.76. The van der Waals surface area contributed by atoms with Crippen molar-refractivity contribution in [3.8, 4) is 0 Å². The van der Waals surface area contributed by atoms with Crippen molar-refractivity contribution in [3.63, 3.8) is 0 Å². The van der Waals surface area contributed by atoms with Crippen LogP contribution in [0.5, 0.6) is 0 Å². The molecule has 0 aliphatic carbocycles. The van der Waals surface area contributed by atoms with E-state index in [0.29, 0.717) is 22.8 Å². The molecule has 0 heterocycles. The quantitative estimate of drug-likeness (QED) is 0.845. The van der Waals surface area contributed by atoms with Crippen LogP contribution in [0.3, 0.4) is 0 Å². The normalized spacial score (nSPS) is 10.2. The van der Waals surface area contributed by atoms with Gasteiger partial charge in [-0.25, -0.2) is 0 Å². The molecule has 0 fully saturated rings. The lowest BCUT2D eigenvalue weighted by Gasteiger charge is -2.09. The maximum absolute atomic E-state index is 12.0. The van der Waals surface area contributed by atoms with Crippen LogP contribution in [-0.4, -0.2) is 5.91 Å². The van der Waals surface area contributed by atoms with Gasteiger partial charge in [0, 0.05) is 12.2 Å². The summed E-state index contributed by atoms with van der Waals surface area (Å²) in [7, 11) is 0. The maximum atomic E-state index is 12.0. The number of anilines is 1. The molecule has 2 aromatic rings. The van der Waals surface area contributed by atoms with Gasteiger partial charge in [-0.2, -0.15) is 0 Å². The Labute approximate surface area is 117 Å². The highest BCUT2D eigenvalue weighted by atomic mass is 35.5. The Hall–Kier alpha value is -2.00. The SMILES string of the molecule is Cc1ccccc1CNC(=O)c1ccc(N)cc1Cl. The summed E-state index contributed by atoms with van der Waals surface area (Å²) < 4.78 is 0. The molecule has 19 heavy (non-hydrogen) atoms. The Kier molecular flexibility index (Phi) is 4.07. The van der Waals surface area contributed by atoms with E-state index in [1.807, 2.05) is 31.2 Å². The van der Waals surface area contributed by atoms with Gasteiger partial charge in [0.05, 0.1) is 10.6 Å². The van der Waals surface area contributed by atoms with E-state index in [4.69, 9.17) is 17.3 Å². The number of benzene rings is 2. The van der Waals surface area contributed by atoms with Gasteiger partial charge in [0.2, 0.25) is 0 Å². The van der Waals surface area contributed by atoms with E-state index in [1.165, 1.54) is 0 Å². The monoisotopic (exact) mass is 274 g/mol. The zero-order valence-electron chi connectivity index (χ0n) is 10.6. The fourth-order valence-electron chi connectivity index (χ4n) is 1.79. The molecule has 3 nitrogen and oxygen atoms in total. The predicted molar refractivity (Wildman–Crippen MR) is 78.2 cm³/mol. The summed E-state index contributed by atoms with van der Waals surface area (Å²) in [5, 5.41) is 3.22. The number of hydrogen-bond acceptors (Lipinski definition) is 2. The van der Waals surface area contributed by atoms with Crippen molar-refractivity contribution in [2.24, 2.45) is 0 Å². The van der Waals surface area contributed by atoms with Crippen molar-refractivity contribution in [1.29, 1.82) is 0 Å². The van der Waals surface area contributed by atoms with Crippen LogP contribution in [0, 0.1) is 6.92 Å². The number of carbonyl (C=O) groups excluding carboxylic acids is 1. The van der Waals surface area contributed by atoms with Gasteiger partial charge in [0.1, 0.15) is 0 Å². The summed E-state index contributed by atoms with van der Waals surface area (Å²) in [6, 6.07) is 12.8. The molecule has 1 amide bonds. The smallest absolute Gasteiger partial charge is 0.253 e. The summed E-state index contributed by atoms with van der Waals surface area (Å²) in [4.78, 5) is 12.0. The second-order valence-corrected chi connectivity index (χ2v) is 4.76. The van der Waals surface area contributed by atoms with E-state index in [1.54, 1.807) is 18.2 Å². The lowest BCUT2D eigenvalue weighted by atomic mass is 10.1. The lowest BCUT2D eigenvalue weighted by molar-refractivity contribution is 0.0951. The third-order valence-corrected chi connectivity index (χ3v) is 3.25. The van der Waals surface area contributed by atoms with Gasteiger partial charge in [-0.15, -0.1) is 0 Å². The predicted octanol–water partition coefficient (Wildman–Crippen LogP) is 3.16. The molecule has 3 N–H and O–H groups in total. The van der Waals surface area contributed by atoms with E-state index in [-0.39, 0.29) is 5.91 Å². The number of nitrogens with two attached hydrogens (primary N) is 1. The Balaban J connectivity index is 2.08. The van der Waals surface area contributed by atoms with Crippen molar-refractivity contribution >= 4 is 23.2 Å². The summed E-state index contributed by atoms with van der Waals surface area (Å²) in [6.07, 6.45) is 0. The number of amides is 1. The fraction of sp³-hybridized carbons (Fsp3) is 0.133. The van der Waals surface area contributed by atoms with Crippen LogP contribution in [0.4, 0.5) is 5.69 Å². The first-order valence-electron chi connectivity index (χ1n) is 5.95. The zero-order valence-corrected chi connectivity index (χ0v) is 11.4. The highest BCUT2D eigenvalue weighted by Crippen LogP contribution is 2.19. The molecule has 2 aromatic carbocycles. The highest BCUT2D eigenvalue weighted by molar-refractivity contribution is 6.34. The topological polar surface area (TPSA) is 55.1 Å². The molecule has 98 valence electrons. The molecule has 0 spiro atoms. The number of rotatable bonds is 3. The van der Waals surface area contributed by atoms with E-state index in [2.05, 4.69) is 5.32 Å². The fourth-order valence-corrected chi connectivity index (χ4v) is 2.07. The molecule has 2 rings (SSSR count). The molecule has 4 heteroatoms. The number of nitrogen functional groups attached to an aromatic ring is 1. The molecular weight excluding hydrogens is 260 g/mol. The molecule has 0 atom stereocenters. The highest BCUT2D eigenvalue weighted by Gasteiger charge is 2.10. The number of nitrogens with one attached hydrogen (secondary N) is 1. The Bertz CT molecular complexity index is 611. The summed E-state index contributed by atoms with van der Waals surface area (Å²) >= 11 is 6.00. The van der Waals surface area contributed by atoms with Crippen LogP contribution in [-0.2, 0) is 6.54 Å². The molecule has 0 aliphatic heterocycles. The van der Waals surface area contributed by atoms with Crippen molar-refractivity contribution in [3.05, 3.63) is 64.2 Å². The Morgan fingerprint density at radius 2 is 2.00 bits per heavy atom. The van der Waals surface area contributed by atoms with E-state index in [9.17, 15) is 4.79 Å². The lowest BCUT2D eigenvalue weighted by Crippen LogP contribution is -2.23. The van der Waals surface area contributed by atoms with Crippen molar-refractivity contribution in [2.75, 3.05) is 5.73 Å². The van der Waals surface area contributed by atoms with Gasteiger partial charge in [-0.05, 0) is 36.2 Å². The summed E-state index contributed by atoms with van der Waals surface area (Å²) in [6.45, 7) is 2.49. The van der Waals surface area contributed by atoms with E-state index in [0.717, 1.165) is 11.1 Å². The third-order valence-electron chi connectivity index (χ3n) is 2.94. The van der Waals surface area contributed by atoms with Crippen molar-refractivity contribution in [1.82, 2.24) is 5.32 Å². The van der Waals surface area contributed by atoms with E-state index >= 15 is 0 Å². The first-order chi connectivity index (χ1) is 9.08. The summed E-state index contributed by atoms with van der Waals surface area (Å²) in [5.41, 5.74) is 8.80. The van der Waals surface area contributed by atoms with Crippen LogP contribution in [0.2, 0.25) is 5.02 Å². The first kappa shape index (κ1) is 13.4. The first-order valence-corrected chi connectivity index (χ1v) is 6.33. The van der Waals surface area contributed by atoms with Gasteiger partial charge in [-0.1, -0.05) is 35.9 Å². The molecule has 0 saturated heterocycles. The maximum Gasteiger partial charge on any atom is 0.253 e. The molecule has 0 aliphatic rings.